The summed E-state index contributed by atoms with van der Waals surface area (Å²) >= 11 is 0. The maximum Gasteiger partial charge on any atom is 0.239 e. The van der Waals surface area contributed by atoms with Crippen molar-refractivity contribution in [3.05, 3.63) is 0 Å². The summed E-state index contributed by atoms with van der Waals surface area (Å²) < 4.78 is 24.2. The van der Waals surface area contributed by atoms with Crippen LogP contribution in [-0.2, 0) is 14.8 Å². The fraction of sp³-hybridized carbons (Fsp3) is 0.857. The number of carbonyl (C=O) groups excluding carboxylic acids is 1. The Morgan fingerprint density at radius 2 is 2.07 bits per heavy atom. The van der Waals surface area contributed by atoms with Crippen LogP contribution < -0.4 is 10.0 Å². The second kappa shape index (κ2) is 5.64. The summed E-state index contributed by atoms with van der Waals surface area (Å²) in [6.45, 7) is 1.48. The van der Waals surface area contributed by atoms with E-state index >= 15 is 0 Å². The number of hydrogen-bond donors (Lipinski definition) is 2. The molecule has 0 aromatic rings. The zero-order valence-electron chi connectivity index (χ0n) is 8.69. The van der Waals surface area contributed by atoms with Crippen LogP contribution >= 0.6 is 12.4 Å². The average Bonchev–Trinajstić information content (AvgIpc) is 2.00. The second-order valence-corrected chi connectivity index (χ2v) is 5.21. The lowest BCUT2D eigenvalue weighted by atomic mass is 10.1. The van der Waals surface area contributed by atoms with Gasteiger partial charge in [0.2, 0.25) is 15.9 Å². The van der Waals surface area contributed by atoms with Gasteiger partial charge in [-0.05, 0) is 7.05 Å². The molecular formula is C7H16ClN3O3S. The van der Waals surface area contributed by atoms with E-state index in [2.05, 4.69) is 10.0 Å². The van der Waals surface area contributed by atoms with Crippen molar-refractivity contribution >= 4 is 28.3 Å². The SMILES string of the molecule is CNS(=O)(=O)CC(=O)N(C)C1CNC1.Cl. The van der Waals surface area contributed by atoms with E-state index in [9.17, 15) is 13.2 Å². The highest BCUT2D eigenvalue weighted by Crippen LogP contribution is 2.03. The molecule has 0 aromatic carbocycles. The Morgan fingerprint density at radius 1 is 1.53 bits per heavy atom. The first-order chi connectivity index (χ1) is 6.46. The molecule has 90 valence electrons. The van der Waals surface area contributed by atoms with Crippen LogP contribution in [0.15, 0.2) is 0 Å². The van der Waals surface area contributed by atoms with Crippen molar-refractivity contribution in [1.82, 2.24) is 14.9 Å². The Bertz CT molecular complexity index is 315. The Hall–Kier alpha value is -0.370. The summed E-state index contributed by atoms with van der Waals surface area (Å²) in [5, 5.41) is 3.01. The number of hydrogen-bond acceptors (Lipinski definition) is 4. The molecule has 6 nitrogen and oxygen atoms in total. The van der Waals surface area contributed by atoms with Crippen molar-refractivity contribution in [3.63, 3.8) is 0 Å². The third-order valence-corrected chi connectivity index (χ3v) is 3.57. The summed E-state index contributed by atoms with van der Waals surface area (Å²) in [5.74, 6) is -0.845. The van der Waals surface area contributed by atoms with E-state index in [1.165, 1.54) is 11.9 Å². The Morgan fingerprint density at radius 3 is 2.40 bits per heavy atom. The third-order valence-electron chi connectivity index (χ3n) is 2.33. The lowest BCUT2D eigenvalue weighted by Gasteiger charge is -2.35. The van der Waals surface area contributed by atoms with Crippen molar-refractivity contribution in [2.75, 3.05) is 32.9 Å². The molecule has 8 heteroatoms. The van der Waals surface area contributed by atoms with Gasteiger partial charge in [-0.2, -0.15) is 0 Å². The summed E-state index contributed by atoms with van der Waals surface area (Å²) in [5.41, 5.74) is 0. The first-order valence-corrected chi connectivity index (χ1v) is 5.99. The normalized spacial score (nSPS) is 16.4. The number of sulfonamides is 1. The van der Waals surface area contributed by atoms with Crippen LogP contribution in [0.2, 0.25) is 0 Å². The molecule has 1 saturated heterocycles. The zero-order valence-corrected chi connectivity index (χ0v) is 10.3. The highest BCUT2D eigenvalue weighted by atomic mass is 35.5. The predicted octanol–water partition coefficient (Wildman–Crippen LogP) is -1.61. The van der Waals surface area contributed by atoms with Gasteiger partial charge in [-0.25, -0.2) is 13.1 Å². The zero-order chi connectivity index (χ0) is 10.8. The van der Waals surface area contributed by atoms with Gasteiger partial charge in [0.1, 0.15) is 5.75 Å². The summed E-state index contributed by atoms with van der Waals surface area (Å²) in [6.07, 6.45) is 0. The van der Waals surface area contributed by atoms with Crippen LogP contribution in [0.5, 0.6) is 0 Å². The number of carbonyl (C=O) groups is 1. The first kappa shape index (κ1) is 14.6. The molecule has 0 bridgehead atoms. The minimum Gasteiger partial charge on any atom is -0.339 e. The number of nitrogens with one attached hydrogen (secondary N) is 2. The molecule has 0 saturated carbocycles. The van der Waals surface area contributed by atoms with Gasteiger partial charge in [0.05, 0.1) is 6.04 Å². The fourth-order valence-electron chi connectivity index (χ4n) is 1.09. The molecule has 0 atom stereocenters. The van der Waals surface area contributed by atoms with Crippen LogP contribution in [0.1, 0.15) is 0 Å². The molecule has 15 heavy (non-hydrogen) atoms. The van der Waals surface area contributed by atoms with Crippen LogP contribution in [-0.4, -0.2) is 58.2 Å². The summed E-state index contributed by atoms with van der Waals surface area (Å²) in [4.78, 5) is 12.9. The lowest BCUT2D eigenvalue weighted by molar-refractivity contribution is -0.130. The maximum atomic E-state index is 11.4. The van der Waals surface area contributed by atoms with Gasteiger partial charge in [0.15, 0.2) is 0 Å². The molecule has 0 unspecified atom stereocenters. The summed E-state index contributed by atoms with van der Waals surface area (Å²) in [6, 6.07) is 0.134. The van der Waals surface area contributed by atoms with Crippen LogP contribution in [0.25, 0.3) is 0 Å². The molecule has 0 aromatic heterocycles. The van der Waals surface area contributed by atoms with Gasteiger partial charge >= 0.3 is 0 Å². The highest BCUT2D eigenvalue weighted by Gasteiger charge is 2.27. The van der Waals surface area contributed by atoms with Gasteiger partial charge in [0, 0.05) is 20.1 Å². The van der Waals surface area contributed by atoms with Gasteiger partial charge in [-0.15, -0.1) is 12.4 Å². The molecule has 1 aliphatic rings. The molecule has 1 fully saturated rings. The highest BCUT2D eigenvalue weighted by molar-refractivity contribution is 7.90. The Balaban J connectivity index is 0.00000196. The fourth-order valence-corrected chi connectivity index (χ4v) is 1.76. The maximum absolute atomic E-state index is 11.4. The lowest BCUT2D eigenvalue weighted by Crippen LogP contribution is -2.58. The van der Waals surface area contributed by atoms with Crippen molar-refractivity contribution in [3.8, 4) is 0 Å². The molecule has 1 amide bonds. The first-order valence-electron chi connectivity index (χ1n) is 4.34. The van der Waals surface area contributed by atoms with E-state index in [0.29, 0.717) is 0 Å². The van der Waals surface area contributed by atoms with E-state index in [1.807, 2.05) is 0 Å². The van der Waals surface area contributed by atoms with Crippen molar-refractivity contribution in [2.24, 2.45) is 0 Å². The van der Waals surface area contributed by atoms with E-state index < -0.39 is 15.8 Å². The van der Waals surface area contributed by atoms with E-state index in [-0.39, 0.29) is 24.4 Å². The molecule has 1 rings (SSSR count). The minimum absolute atomic E-state index is 0. The molecule has 1 heterocycles. The average molecular weight is 258 g/mol. The van der Waals surface area contributed by atoms with E-state index in [1.54, 1.807) is 7.05 Å². The van der Waals surface area contributed by atoms with Gasteiger partial charge in [-0.1, -0.05) is 0 Å². The molecule has 2 N–H and O–H groups in total. The molecular weight excluding hydrogens is 242 g/mol. The minimum atomic E-state index is -3.44. The number of nitrogens with zero attached hydrogens (tertiary/aromatic N) is 1. The third kappa shape index (κ3) is 3.94. The molecule has 0 radical (unpaired) electrons. The van der Waals surface area contributed by atoms with Crippen LogP contribution in [0.4, 0.5) is 0 Å². The van der Waals surface area contributed by atoms with Crippen LogP contribution in [0, 0.1) is 0 Å². The predicted molar refractivity (Wildman–Crippen MR) is 59.5 cm³/mol. The molecule has 0 spiro atoms. The summed E-state index contributed by atoms with van der Waals surface area (Å²) in [7, 11) is -0.520. The quantitative estimate of drug-likeness (QED) is 0.635. The molecule has 0 aliphatic carbocycles. The van der Waals surface area contributed by atoms with Crippen LogP contribution in [0.3, 0.4) is 0 Å². The number of rotatable bonds is 4. The topological polar surface area (TPSA) is 78.5 Å². The van der Waals surface area contributed by atoms with E-state index in [0.717, 1.165) is 13.1 Å². The number of amides is 1. The van der Waals surface area contributed by atoms with Crippen molar-refractivity contribution < 1.29 is 13.2 Å². The standard InChI is InChI=1S/C7H15N3O3S.ClH/c1-8-14(12,13)5-7(11)10(2)6-3-9-4-6;/h6,8-9H,3-5H2,1-2H3;1H. The molecule has 1 aliphatic heterocycles. The van der Waals surface area contributed by atoms with Gasteiger partial charge in [-0.3, -0.25) is 4.79 Å². The monoisotopic (exact) mass is 257 g/mol. The smallest absolute Gasteiger partial charge is 0.239 e. The van der Waals surface area contributed by atoms with Gasteiger partial charge in [0.25, 0.3) is 0 Å². The Kier molecular flexibility index (Phi) is 5.50. The van der Waals surface area contributed by atoms with Crippen molar-refractivity contribution in [2.45, 2.75) is 6.04 Å². The van der Waals surface area contributed by atoms with E-state index in [4.69, 9.17) is 0 Å². The van der Waals surface area contributed by atoms with Crippen molar-refractivity contribution in [1.29, 1.82) is 0 Å². The largest absolute Gasteiger partial charge is 0.339 e. The second-order valence-electron chi connectivity index (χ2n) is 3.28. The Labute approximate surface area is 95.9 Å². The van der Waals surface area contributed by atoms with Gasteiger partial charge < -0.3 is 10.2 Å². The number of halogens is 1. The number of likely N-dealkylation sites (N-methyl/N-ethyl adjacent to an activating group) is 1.